The Balaban J connectivity index is 0.000000461. The van der Waals surface area contributed by atoms with E-state index in [0.29, 0.717) is 11.4 Å². The number of aromatic nitrogens is 1. The van der Waals surface area contributed by atoms with Crippen LogP contribution in [0.2, 0.25) is 0 Å². The maximum atomic E-state index is 12.2. The molecular weight excluding hydrogens is 143 g/mol. The number of hydrogen-bond acceptors (Lipinski definition) is 2. The van der Waals surface area contributed by atoms with E-state index in [0.717, 1.165) is 0 Å². The minimum atomic E-state index is -0.485. The topological polar surface area (TPSA) is 38.9 Å². The van der Waals surface area contributed by atoms with Gasteiger partial charge in [-0.25, -0.2) is 4.98 Å². The molecule has 0 spiro atoms. The Morgan fingerprint density at radius 2 is 1.91 bits per heavy atom. The Bertz CT molecular complexity index is 223. The second-order valence-electron chi connectivity index (χ2n) is 1.81. The van der Waals surface area contributed by atoms with Gasteiger partial charge in [-0.1, -0.05) is 13.8 Å². The quantitative estimate of drug-likeness (QED) is 0.584. The van der Waals surface area contributed by atoms with Crippen LogP contribution in [-0.4, -0.2) is 4.98 Å². The minimum Gasteiger partial charge on any atom is -0.397 e. The highest BCUT2D eigenvalue weighted by Crippen LogP contribution is 2.05. The average molecular weight is 156 g/mol. The van der Waals surface area contributed by atoms with Gasteiger partial charge in [0, 0.05) is 0 Å². The molecule has 0 aliphatic rings. The summed E-state index contributed by atoms with van der Waals surface area (Å²) in [5.74, 6) is -0.485. The van der Waals surface area contributed by atoms with Crippen molar-refractivity contribution in [3.8, 4) is 0 Å². The van der Waals surface area contributed by atoms with Crippen LogP contribution in [0.15, 0.2) is 12.1 Å². The van der Waals surface area contributed by atoms with Crippen molar-refractivity contribution in [2.24, 2.45) is 0 Å². The van der Waals surface area contributed by atoms with E-state index in [1.165, 1.54) is 12.1 Å². The summed E-state index contributed by atoms with van der Waals surface area (Å²) < 4.78 is 12.2. The molecule has 0 radical (unpaired) electrons. The molecule has 0 aliphatic carbocycles. The zero-order chi connectivity index (χ0) is 8.85. The lowest BCUT2D eigenvalue weighted by Gasteiger charge is -1.95. The Morgan fingerprint density at radius 1 is 1.36 bits per heavy atom. The largest absolute Gasteiger partial charge is 0.397 e. The van der Waals surface area contributed by atoms with Crippen molar-refractivity contribution in [1.82, 2.24) is 4.98 Å². The van der Waals surface area contributed by atoms with Crippen LogP contribution in [0.5, 0.6) is 0 Å². The molecule has 0 amide bonds. The molecule has 0 aliphatic heterocycles. The van der Waals surface area contributed by atoms with Crippen molar-refractivity contribution in [2.75, 3.05) is 5.73 Å². The predicted octanol–water partition coefficient (Wildman–Crippen LogP) is 2.14. The van der Waals surface area contributed by atoms with Crippen molar-refractivity contribution in [3.05, 3.63) is 23.8 Å². The highest BCUT2D eigenvalue weighted by molar-refractivity contribution is 5.40. The Hall–Kier alpha value is -1.12. The van der Waals surface area contributed by atoms with Crippen molar-refractivity contribution in [3.63, 3.8) is 0 Å². The number of rotatable bonds is 0. The Morgan fingerprint density at radius 3 is 2.27 bits per heavy atom. The third kappa shape index (κ3) is 2.98. The number of hydrogen-bond donors (Lipinski definition) is 1. The first-order chi connectivity index (χ1) is 5.20. The molecule has 1 aromatic rings. The summed E-state index contributed by atoms with van der Waals surface area (Å²) in [7, 11) is 0. The fourth-order valence-corrected chi connectivity index (χ4v) is 0.541. The molecule has 0 saturated carbocycles. The fourth-order valence-electron chi connectivity index (χ4n) is 0.541. The van der Waals surface area contributed by atoms with E-state index < -0.39 is 5.95 Å². The van der Waals surface area contributed by atoms with E-state index in [9.17, 15) is 4.39 Å². The van der Waals surface area contributed by atoms with Crippen molar-refractivity contribution < 1.29 is 4.39 Å². The summed E-state index contributed by atoms with van der Waals surface area (Å²) in [6.45, 7) is 5.67. The van der Waals surface area contributed by atoms with Crippen LogP contribution in [0.4, 0.5) is 10.1 Å². The smallest absolute Gasteiger partial charge is 0.213 e. The predicted molar refractivity (Wildman–Crippen MR) is 44.7 cm³/mol. The van der Waals surface area contributed by atoms with Crippen LogP contribution in [0, 0.1) is 12.9 Å². The molecule has 3 heteroatoms. The summed E-state index contributed by atoms with van der Waals surface area (Å²) >= 11 is 0. The van der Waals surface area contributed by atoms with Gasteiger partial charge in [-0.15, -0.1) is 0 Å². The lowest BCUT2D eigenvalue weighted by Crippen LogP contribution is -1.93. The zero-order valence-electron chi connectivity index (χ0n) is 7.06. The molecule has 1 aromatic heterocycles. The number of halogens is 1. The molecular formula is C8H13FN2. The number of anilines is 1. The Kier molecular flexibility index (Phi) is 4.18. The maximum Gasteiger partial charge on any atom is 0.213 e. The molecule has 1 heterocycles. The molecule has 0 aromatic carbocycles. The van der Waals surface area contributed by atoms with Crippen molar-refractivity contribution in [1.29, 1.82) is 0 Å². The van der Waals surface area contributed by atoms with Crippen LogP contribution in [0.1, 0.15) is 19.5 Å². The van der Waals surface area contributed by atoms with E-state index in [1.54, 1.807) is 6.92 Å². The van der Waals surface area contributed by atoms with Crippen LogP contribution in [0.25, 0.3) is 0 Å². The van der Waals surface area contributed by atoms with Gasteiger partial charge in [0.15, 0.2) is 0 Å². The van der Waals surface area contributed by atoms with Crippen LogP contribution >= 0.6 is 0 Å². The standard InChI is InChI=1S/C6H7FN2.C2H6/c1-4-5(8)2-3-6(7)9-4;1-2/h2-3H,8H2,1H3;1-2H3. The lowest BCUT2D eigenvalue weighted by molar-refractivity contribution is 0.580. The third-order valence-electron chi connectivity index (χ3n) is 1.09. The molecule has 62 valence electrons. The summed E-state index contributed by atoms with van der Waals surface area (Å²) in [4.78, 5) is 3.48. The third-order valence-corrected chi connectivity index (χ3v) is 1.09. The fraction of sp³-hybridized carbons (Fsp3) is 0.375. The first-order valence-corrected chi connectivity index (χ1v) is 3.59. The normalized spacial score (nSPS) is 8.36. The van der Waals surface area contributed by atoms with Gasteiger partial charge in [-0.3, -0.25) is 0 Å². The zero-order valence-corrected chi connectivity index (χ0v) is 7.06. The lowest BCUT2D eigenvalue weighted by atomic mass is 10.3. The monoisotopic (exact) mass is 156 g/mol. The number of nitrogens with zero attached hydrogens (tertiary/aromatic N) is 1. The Labute approximate surface area is 66.3 Å². The van der Waals surface area contributed by atoms with E-state index in [4.69, 9.17) is 5.73 Å². The van der Waals surface area contributed by atoms with Gasteiger partial charge in [0.2, 0.25) is 5.95 Å². The molecule has 0 bridgehead atoms. The molecule has 11 heavy (non-hydrogen) atoms. The number of pyridine rings is 1. The van der Waals surface area contributed by atoms with E-state index in [-0.39, 0.29) is 0 Å². The molecule has 0 atom stereocenters. The molecule has 0 unspecified atom stereocenters. The van der Waals surface area contributed by atoms with Gasteiger partial charge < -0.3 is 5.73 Å². The first kappa shape index (κ1) is 9.88. The molecule has 0 fully saturated rings. The van der Waals surface area contributed by atoms with Gasteiger partial charge >= 0.3 is 0 Å². The van der Waals surface area contributed by atoms with Crippen LogP contribution in [-0.2, 0) is 0 Å². The van der Waals surface area contributed by atoms with Gasteiger partial charge in [0.1, 0.15) is 0 Å². The summed E-state index contributed by atoms with van der Waals surface area (Å²) in [6.07, 6.45) is 0. The summed E-state index contributed by atoms with van der Waals surface area (Å²) in [5.41, 5.74) is 6.42. The molecule has 1 rings (SSSR count). The van der Waals surface area contributed by atoms with E-state index >= 15 is 0 Å². The van der Waals surface area contributed by atoms with Crippen molar-refractivity contribution >= 4 is 5.69 Å². The number of aryl methyl sites for hydroxylation is 1. The minimum absolute atomic E-state index is 0.485. The van der Waals surface area contributed by atoms with Crippen molar-refractivity contribution in [2.45, 2.75) is 20.8 Å². The highest BCUT2D eigenvalue weighted by atomic mass is 19.1. The van der Waals surface area contributed by atoms with Crippen LogP contribution < -0.4 is 5.73 Å². The van der Waals surface area contributed by atoms with E-state index in [1.807, 2.05) is 13.8 Å². The summed E-state index contributed by atoms with van der Waals surface area (Å²) in [5, 5.41) is 0. The highest BCUT2D eigenvalue weighted by Gasteiger charge is 1.94. The molecule has 2 nitrogen and oxygen atoms in total. The van der Waals surface area contributed by atoms with Crippen LogP contribution in [0.3, 0.4) is 0 Å². The van der Waals surface area contributed by atoms with Gasteiger partial charge in [0.25, 0.3) is 0 Å². The number of nitrogen functional groups attached to an aromatic ring is 1. The summed E-state index contributed by atoms with van der Waals surface area (Å²) in [6, 6.07) is 2.74. The SMILES string of the molecule is CC.Cc1nc(F)ccc1N. The number of nitrogens with two attached hydrogens (primary N) is 1. The molecule has 0 saturated heterocycles. The van der Waals surface area contributed by atoms with E-state index in [2.05, 4.69) is 4.98 Å². The van der Waals surface area contributed by atoms with Gasteiger partial charge in [-0.05, 0) is 19.1 Å². The molecule has 2 N–H and O–H groups in total. The second kappa shape index (κ2) is 4.66. The van der Waals surface area contributed by atoms with Gasteiger partial charge in [0.05, 0.1) is 11.4 Å². The maximum absolute atomic E-state index is 12.2. The second-order valence-corrected chi connectivity index (χ2v) is 1.81. The average Bonchev–Trinajstić information content (AvgIpc) is 2.02. The van der Waals surface area contributed by atoms with Gasteiger partial charge in [-0.2, -0.15) is 4.39 Å². The first-order valence-electron chi connectivity index (χ1n) is 3.59.